The predicted molar refractivity (Wildman–Crippen MR) is 107 cm³/mol. The van der Waals surface area contributed by atoms with Gasteiger partial charge in [0.15, 0.2) is 0 Å². The zero-order valence-electron chi connectivity index (χ0n) is 17.6. The van der Waals surface area contributed by atoms with Crippen molar-refractivity contribution >= 4 is 0 Å². The molecule has 1 unspecified atom stereocenters. The van der Waals surface area contributed by atoms with E-state index in [1.54, 1.807) is 5.57 Å². The zero-order chi connectivity index (χ0) is 18.9. The smallest absolute Gasteiger partial charge is 0.0620 e. The number of rotatable bonds is 2. The largest absolute Gasteiger partial charge is 0.393 e. The highest BCUT2D eigenvalue weighted by Gasteiger charge is 2.59. The van der Waals surface area contributed by atoms with Gasteiger partial charge in [0.2, 0.25) is 0 Å². The summed E-state index contributed by atoms with van der Waals surface area (Å²) >= 11 is 0. The lowest BCUT2D eigenvalue weighted by Gasteiger charge is -2.58. The van der Waals surface area contributed by atoms with Crippen LogP contribution in [0.4, 0.5) is 0 Å². The van der Waals surface area contributed by atoms with Crippen molar-refractivity contribution in [1.29, 1.82) is 0 Å². The highest BCUT2D eigenvalue weighted by molar-refractivity contribution is 5.25. The maximum atomic E-state index is 10.7. The van der Waals surface area contributed by atoms with Crippen LogP contribution in [-0.4, -0.2) is 21.9 Å². The van der Waals surface area contributed by atoms with Gasteiger partial charge >= 0.3 is 0 Å². The first kappa shape index (κ1) is 19.0. The monoisotopic (exact) mass is 360 g/mol. The molecule has 3 fully saturated rings. The summed E-state index contributed by atoms with van der Waals surface area (Å²) in [5.41, 5.74) is 1.73. The molecule has 0 spiro atoms. The second kappa shape index (κ2) is 6.08. The highest BCUT2D eigenvalue weighted by Crippen LogP contribution is 2.67. The topological polar surface area (TPSA) is 40.5 Å². The van der Waals surface area contributed by atoms with Crippen LogP contribution in [0.5, 0.6) is 0 Å². The minimum atomic E-state index is -0.579. The standard InChI is InChI=1S/C24H40O2/c1-15(22(2,3)26)19-8-9-20-18-7-6-16-14-17(25)10-12-23(16,4)21(18)11-13-24(19,20)5/h6,15,17-21,25-26H,7-14H2,1-5H3/t15?,17-,18-,19+,20-,21-,23-,24+/m0/s1. The van der Waals surface area contributed by atoms with E-state index in [0.717, 1.165) is 30.6 Å². The molecule has 0 bridgehead atoms. The molecule has 0 aromatic rings. The molecule has 0 radical (unpaired) electrons. The summed E-state index contributed by atoms with van der Waals surface area (Å²) < 4.78 is 0. The lowest BCUT2D eigenvalue weighted by molar-refractivity contribution is -0.0829. The third-order valence-electron chi connectivity index (χ3n) is 9.87. The molecular formula is C24H40O2. The lowest BCUT2D eigenvalue weighted by atomic mass is 9.46. The molecule has 26 heavy (non-hydrogen) atoms. The highest BCUT2D eigenvalue weighted by atomic mass is 16.3. The van der Waals surface area contributed by atoms with Crippen molar-refractivity contribution in [2.75, 3.05) is 0 Å². The Morgan fingerprint density at radius 3 is 2.50 bits per heavy atom. The van der Waals surface area contributed by atoms with E-state index in [-0.39, 0.29) is 6.10 Å². The Balaban J connectivity index is 1.62. The molecule has 148 valence electrons. The fourth-order valence-corrected chi connectivity index (χ4v) is 8.00. The normalized spacial score (nSPS) is 49.7. The first-order valence-electron chi connectivity index (χ1n) is 11.2. The van der Waals surface area contributed by atoms with Gasteiger partial charge in [0.05, 0.1) is 11.7 Å². The number of hydrogen-bond acceptors (Lipinski definition) is 2. The molecule has 0 aromatic heterocycles. The van der Waals surface area contributed by atoms with E-state index in [2.05, 4.69) is 26.8 Å². The molecule has 4 aliphatic rings. The molecule has 4 rings (SSSR count). The van der Waals surface area contributed by atoms with Crippen LogP contribution in [0, 0.1) is 40.4 Å². The minimum absolute atomic E-state index is 0.108. The maximum absolute atomic E-state index is 10.7. The summed E-state index contributed by atoms with van der Waals surface area (Å²) in [6.07, 6.45) is 12.0. The number of hydrogen-bond donors (Lipinski definition) is 2. The Morgan fingerprint density at radius 1 is 1.08 bits per heavy atom. The average Bonchev–Trinajstić information content (AvgIpc) is 2.91. The first-order valence-corrected chi connectivity index (χ1v) is 11.2. The van der Waals surface area contributed by atoms with Gasteiger partial charge in [-0.05, 0) is 106 Å². The van der Waals surface area contributed by atoms with E-state index in [1.807, 2.05) is 13.8 Å². The predicted octanol–water partition coefficient (Wildman–Crippen LogP) is 5.33. The van der Waals surface area contributed by atoms with Crippen LogP contribution in [0.1, 0.15) is 86.0 Å². The molecule has 4 aliphatic carbocycles. The molecule has 0 aromatic carbocycles. The molecule has 3 saturated carbocycles. The number of aliphatic hydroxyl groups is 2. The van der Waals surface area contributed by atoms with Crippen LogP contribution >= 0.6 is 0 Å². The van der Waals surface area contributed by atoms with Crippen molar-refractivity contribution in [3.05, 3.63) is 11.6 Å². The van der Waals surface area contributed by atoms with Crippen molar-refractivity contribution in [1.82, 2.24) is 0 Å². The van der Waals surface area contributed by atoms with Crippen LogP contribution in [0.2, 0.25) is 0 Å². The third-order valence-corrected chi connectivity index (χ3v) is 9.87. The van der Waals surface area contributed by atoms with Crippen LogP contribution in [0.3, 0.4) is 0 Å². The molecule has 0 amide bonds. The Kier molecular flexibility index (Phi) is 4.44. The molecule has 2 nitrogen and oxygen atoms in total. The Morgan fingerprint density at radius 2 is 1.81 bits per heavy atom. The summed E-state index contributed by atoms with van der Waals surface area (Å²) in [6, 6.07) is 0. The van der Waals surface area contributed by atoms with Crippen molar-refractivity contribution in [3.63, 3.8) is 0 Å². The fourth-order valence-electron chi connectivity index (χ4n) is 8.00. The van der Waals surface area contributed by atoms with Crippen LogP contribution < -0.4 is 0 Å². The summed E-state index contributed by atoms with van der Waals surface area (Å²) in [5, 5.41) is 20.8. The minimum Gasteiger partial charge on any atom is -0.393 e. The zero-order valence-corrected chi connectivity index (χ0v) is 17.6. The van der Waals surface area contributed by atoms with Gasteiger partial charge in [-0.3, -0.25) is 0 Å². The van der Waals surface area contributed by atoms with Crippen molar-refractivity contribution < 1.29 is 10.2 Å². The second-order valence-corrected chi connectivity index (χ2v) is 11.3. The van der Waals surface area contributed by atoms with Gasteiger partial charge in [0.1, 0.15) is 0 Å². The quantitative estimate of drug-likeness (QED) is 0.653. The second-order valence-electron chi connectivity index (χ2n) is 11.3. The van der Waals surface area contributed by atoms with E-state index in [4.69, 9.17) is 0 Å². The molecule has 0 aliphatic heterocycles. The summed E-state index contributed by atoms with van der Waals surface area (Å²) in [5.74, 6) is 3.46. The van der Waals surface area contributed by atoms with Gasteiger partial charge in [0, 0.05) is 0 Å². The van der Waals surface area contributed by atoms with E-state index in [1.165, 1.54) is 38.5 Å². The van der Waals surface area contributed by atoms with Crippen LogP contribution in [0.25, 0.3) is 0 Å². The maximum Gasteiger partial charge on any atom is 0.0620 e. The molecule has 2 N–H and O–H groups in total. The van der Waals surface area contributed by atoms with E-state index in [0.29, 0.717) is 22.7 Å². The van der Waals surface area contributed by atoms with Gasteiger partial charge in [-0.15, -0.1) is 0 Å². The molecular weight excluding hydrogens is 320 g/mol. The average molecular weight is 361 g/mol. The summed E-state index contributed by atoms with van der Waals surface area (Å²) in [7, 11) is 0. The number of allylic oxidation sites excluding steroid dienone is 1. The Bertz CT molecular complexity index is 588. The van der Waals surface area contributed by atoms with Gasteiger partial charge < -0.3 is 10.2 Å². The Hall–Kier alpha value is -0.340. The van der Waals surface area contributed by atoms with Crippen molar-refractivity contribution in [2.45, 2.75) is 97.7 Å². The number of fused-ring (bicyclic) bond motifs is 5. The first-order chi connectivity index (χ1) is 12.1. The third kappa shape index (κ3) is 2.65. The molecule has 0 heterocycles. The summed E-state index contributed by atoms with van der Waals surface area (Å²) in [6.45, 7) is 11.4. The van der Waals surface area contributed by atoms with Crippen molar-refractivity contribution in [3.8, 4) is 0 Å². The number of aliphatic hydroxyl groups excluding tert-OH is 1. The van der Waals surface area contributed by atoms with Crippen LogP contribution in [-0.2, 0) is 0 Å². The SMILES string of the molecule is CC([C@H]1CC[C@H]2[C@@H]3CC=C4C[C@@H](O)CC[C@]4(C)[C@H]3CC[C@]12C)C(C)(C)O. The fraction of sp³-hybridized carbons (Fsp3) is 0.917. The molecule has 8 atom stereocenters. The van der Waals surface area contributed by atoms with E-state index in [9.17, 15) is 10.2 Å². The van der Waals surface area contributed by atoms with E-state index < -0.39 is 5.60 Å². The van der Waals surface area contributed by atoms with Crippen LogP contribution in [0.15, 0.2) is 11.6 Å². The van der Waals surface area contributed by atoms with Gasteiger partial charge in [-0.1, -0.05) is 32.4 Å². The molecule has 2 heteroatoms. The van der Waals surface area contributed by atoms with Gasteiger partial charge in [0.25, 0.3) is 0 Å². The van der Waals surface area contributed by atoms with Gasteiger partial charge in [-0.25, -0.2) is 0 Å². The van der Waals surface area contributed by atoms with Gasteiger partial charge in [-0.2, -0.15) is 0 Å². The molecule has 0 saturated heterocycles. The lowest BCUT2D eigenvalue weighted by Crippen LogP contribution is -2.51. The Labute approximate surface area is 160 Å². The summed E-state index contributed by atoms with van der Waals surface area (Å²) in [4.78, 5) is 0. The van der Waals surface area contributed by atoms with Crippen molar-refractivity contribution in [2.24, 2.45) is 40.4 Å². The van der Waals surface area contributed by atoms with E-state index >= 15 is 0 Å².